The van der Waals surface area contributed by atoms with Crippen molar-refractivity contribution in [2.45, 2.75) is 39.3 Å². The van der Waals surface area contributed by atoms with Crippen molar-refractivity contribution in [3.8, 4) is 5.75 Å². The Morgan fingerprint density at radius 2 is 1.95 bits per heavy atom. The number of ether oxygens (including phenoxy) is 2. The van der Waals surface area contributed by atoms with Crippen molar-refractivity contribution in [1.82, 2.24) is 5.32 Å². The van der Waals surface area contributed by atoms with Gasteiger partial charge >= 0.3 is 0 Å². The lowest BCUT2D eigenvalue weighted by Crippen LogP contribution is -2.37. The maximum atomic E-state index is 14.3. The normalized spacial score (nSPS) is 14.3. The molecule has 1 aromatic carbocycles. The Morgan fingerprint density at radius 1 is 1.25 bits per heavy atom. The first-order valence-corrected chi connectivity index (χ1v) is 7.14. The Balaban J connectivity index is 3.09. The van der Waals surface area contributed by atoms with E-state index in [1.807, 2.05) is 0 Å². The van der Waals surface area contributed by atoms with E-state index in [2.05, 4.69) is 26.1 Å². The molecule has 0 aromatic heterocycles. The van der Waals surface area contributed by atoms with Crippen LogP contribution >= 0.6 is 0 Å². The van der Waals surface area contributed by atoms with Crippen LogP contribution in [0.3, 0.4) is 0 Å². The van der Waals surface area contributed by atoms with Crippen LogP contribution < -0.4 is 10.1 Å². The minimum absolute atomic E-state index is 0.0792. The van der Waals surface area contributed by atoms with Gasteiger partial charge in [0.05, 0.1) is 19.3 Å². The van der Waals surface area contributed by atoms with Gasteiger partial charge in [0.25, 0.3) is 0 Å². The second-order valence-electron chi connectivity index (χ2n) is 5.26. The van der Waals surface area contributed by atoms with E-state index in [0.717, 1.165) is 13.0 Å². The molecule has 20 heavy (non-hydrogen) atoms. The van der Waals surface area contributed by atoms with Crippen molar-refractivity contribution in [2.75, 3.05) is 20.8 Å². The molecule has 0 heterocycles. The first-order chi connectivity index (χ1) is 9.54. The zero-order valence-electron chi connectivity index (χ0n) is 13.1. The smallest absolute Gasteiger partial charge is 0.131 e. The fraction of sp³-hybridized carbons (Fsp3) is 0.625. The Labute approximate surface area is 121 Å². The molecule has 0 spiro atoms. The average Bonchev–Trinajstić information content (AvgIpc) is 2.43. The highest BCUT2D eigenvalue weighted by molar-refractivity contribution is 5.31. The summed E-state index contributed by atoms with van der Waals surface area (Å²) in [6.07, 6.45) is 0.910. The summed E-state index contributed by atoms with van der Waals surface area (Å²) in [4.78, 5) is 0. The van der Waals surface area contributed by atoms with Crippen LogP contribution in [-0.4, -0.2) is 26.9 Å². The summed E-state index contributed by atoms with van der Waals surface area (Å²) in [5.41, 5.74) is 0.625. The highest BCUT2D eigenvalue weighted by atomic mass is 19.1. The number of hydrogen-bond acceptors (Lipinski definition) is 3. The molecule has 3 nitrogen and oxygen atoms in total. The lowest BCUT2D eigenvalue weighted by atomic mass is 9.93. The fourth-order valence-electron chi connectivity index (χ4n) is 2.38. The van der Waals surface area contributed by atoms with Crippen LogP contribution in [0.25, 0.3) is 0 Å². The Kier molecular flexibility index (Phi) is 6.96. The summed E-state index contributed by atoms with van der Waals surface area (Å²) in [5.74, 6) is 0.551. The third-order valence-electron chi connectivity index (χ3n) is 3.41. The predicted molar refractivity (Wildman–Crippen MR) is 79.6 cm³/mol. The second-order valence-corrected chi connectivity index (χ2v) is 5.26. The van der Waals surface area contributed by atoms with E-state index in [0.29, 0.717) is 11.3 Å². The minimum atomic E-state index is -0.263. The van der Waals surface area contributed by atoms with Gasteiger partial charge in [-0.25, -0.2) is 4.39 Å². The van der Waals surface area contributed by atoms with E-state index in [9.17, 15) is 4.39 Å². The molecular formula is C16H26FNO2. The molecule has 114 valence electrons. The number of hydrogen-bond donors (Lipinski definition) is 1. The molecule has 0 aliphatic heterocycles. The molecule has 0 bridgehead atoms. The molecule has 4 heteroatoms. The SMILES string of the molecule is CCCNC(c1ccc(OC)cc1F)C(OC)C(C)C. The quantitative estimate of drug-likeness (QED) is 0.791. The molecule has 2 unspecified atom stereocenters. The van der Waals surface area contributed by atoms with Gasteiger partial charge in [0.1, 0.15) is 11.6 Å². The number of halogens is 1. The van der Waals surface area contributed by atoms with Crippen LogP contribution in [0.2, 0.25) is 0 Å². The standard InChI is InChI=1S/C16H26FNO2/c1-6-9-18-15(16(20-5)11(2)3)13-8-7-12(19-4)10-14(13)17/h7-8,10-11,15-16,18H,6,9H2,1-5H3. The third kappa shape index (κ3) is 4.18. The number of rotatable bonds is 8. The lowest BCUT2D eigenvalue weighted by molar-refractivity contribution is 0.0316. The van der Waals surface area contributed by atoms with Gasteiger partial charge in [0.2, 0.25) is 0 Å². The zero-order valence-corrected chi connectivity index (χ0v) is 13.1. The highest BCUT2D eigenvalue weighted by Gasteiger charge is 2.27. The molecule has 0 fully saturated rings. The zero-order chi connectivity index (χ0) is 15.1. The fourth-order valence-corrected chi connectivity index (χ4v) is 2.38. The number of nitrogens with one attached hydrogen (secondary N) is 1. The first kappa shape index (κ1) is 16.9. The molecular weight excluding hydrogens is 257 g/mol. The molecule has 0 aliphatic carbocycles. The van der Waals surface area contributed by atoms with Gasteiger partial charge < -0.3 is 14.8 Å². The van der Waals surface area contributed by atoms with E-state index in [-0.39, 0.29) is 23.9 Å². The molecule has 0 radical (unpaired) electrons. The van der Waals surface area contributed by atoms with Crippen LogP contribution in [0.15, 0.2) is 18.2 Å². The average molecular weight is 283 g/mol. The summed E-state index contributed by atoms with van der Waals surface area (Å²) >= 11 is 0. The molecule has 0 aliphatic rings. The molecule has 2 atom stereocenters. The maximum Gasteiger partial charge on any atom is 0.131 e. The number of methoxy groups -OCH3 is 2. The second kappa shape index (κ2) is 8.22. The van der Waals surface area contributed by atoms with Crippen molar-refractivity contribution in [1.29, 1.82) is 0 Å². The molecule has 1 rings (SSSR count). The maximum absolute atomic E-state index is 14.3. The van der Waals surface area contributed by atoms with Crippen LogP contribution in [0, 0.1) is 11.7 Å². The van der Waals surface area contributed by atoms with Crippen LogP contribution in [0.4, 0.5) is 4.39 Å². The summed E-state index contributed by atoms with van der Waals surface area (Å²) < 4.78 is 24.9. The molecule has 1 N–H and O–H groups in total. The lowest BCUT2D eigenvalue weighted by Gasteiger charge is -2.30. The van der Waals surface area contributed by atoms with E-state index in [4.69, 9.17) is 9.47 Å². The van der Waals surface area contributed by atoms with Crippen LogP contribution in [0.1, 0.15) is 38.8 Å². The van der Waals surface area contributed by atoms with Gasteiger partial charge in [-0.15, -0.1) is 0 Å². The van der Waals surface area contributed by atoms with Crippen molar-refractivity contribution in [3.63, 3.8) is 0 Å². The van der Waals surface area contributed by atoms with Crippen molar-refractivity contribution in [3.05, 3.63) is 29.6 Å². The summed E-state index contributed by atoms with van der Waals surface area (Å²) in [6.45, 7) is 7.07. The molecule has 0 saturated carbocycles. The van der Waals surface area contributed by atoms with E-state index < -0.39 is 0 Å². The highest BCUT2D eigenvalue weighted by Crippen LogP contribution is 2.28. The topological polar surface area (TPSA) is 30.5 Å². The Bertz CT molecular complexity index is 409. The number of benzene rings is 1. The first-order valence-electron chi connectivity index (χ1n) is 7.14. The van der Waals surface area contributed by atoms with Crippen molar-refractivity contribution >= 4 is 0 Å². The predicted octanol–water partition coefficient (Wildman–Crippen LogP) is 3.55. The van der Waals surface area contributed by atoms with E-state index in [1.54, 1.807) is 19.2 Å². The van der Waals surface area contributed by atoms with E-state index >= 15 is 0 Å². The largest absolute Gasteiger partial charge is 0.497 e. The van der Waals surface area contributed by atoms with Gasteiger partial charge in [-0.1, -0.05) is 26.8 Å². The summed E-state index contributed by atoms with van der Waals surface area (Å²) in [6, 6.07) is 4.82. The third-order valence-corrected chi connectivity index (χ3v) is 3.41. The molecule has 1 aromatic rings. The van der Waals surface area contributed by atoms with E-state index in [1.165, 1.54) is 13.2 Å². The molecule has 0 saturated heterocycles. The van der Waals surface area contributed by atoms with Gasteiger partial charge in [0.15, 0.2) is 0 Å². The molecule has 0 amide bonds. The van der Waals surface area contributed by atoms with Gasteiger partial charge in [-0.3, -0.25) is 0 Å². The van der Waals surface area contributed by atoms with Gasteiger partial charge in [-0.05, 0) is 24.9 Å². The summed E-state index contributed by atoms with van der Waals surface area (Å²) in [7, 11) is 3.21. The minimum Gasteiger partial charge on any atom is -0.497 e. The van der Waals surface area contributed by atoms with Crippen LogP contribution in [0.5, 0.6) is 5.75 Å². The van der Waals surface area contributed by atoms with Crippen LogP contribution in [-0.2, 0) is 4.74 Å². The van der Waals surface area contributed by atoms with Gasteiger partial charge in [0, 0.05) is 18.7 Å². The van der Waals surface area contributed by atoms with Gasteiger partial charge in [-0.2, -0.15) is 0 Å². The summed E-state index contributed by atoms with van der Waals surface area (Å²) in [5, 5.41) is 3.39. The Hall–Kier alpha value is -1.13. The van der Waals surface area contributed by atoms with Crippen molar-refractivity contribution < 1.29 is 13.9 Å². The Morgan fingerprint density at radius 3 is 2.40 bits per heavy atom. The monoisotopic (exact) mass is 283 g/mol. The van der Waals surface area contributed by atoms with Crippen molar-refractivity contribution in [2.24, 2.45) is 5.92 Å².